The molecule has 0 saturated heterocycles. The van der Waals surface area contributed by atoms with E-state index in [1.165, 1.54) is 12.1 Å². The van der Waals surface area contributed by atoms with Gasteiger partial charge in [0.05, 0.1) is 16.3 Å². The van der Waals surface area contributed by atoms with Gasteiger partial charge in [-0.25, -0.2) is 4.79 Å². The molecular weight excluding hydrogens is 407 g/mol. The number of hydrogen-bond donors (Lipinski definition) is 3. The zero-order chi connectivity index (χ0) is 21.0. The number of benzene rings is 2. The predicted molar refractivity (Wildman–Crippen MR) is 105 cm³/mol. The molecule has 1 aliphatic carbocycles. The fourth-order valence-corrected chi connectivity index (χ4v) is 3.29. The Labute approximate surface area is 170 Å². The Morgan fingerprint density at radius 3 is 2.24 bits per heavy atom. The first-order valence-electron chi connectivity index (χ1n) is 9.08. The van der Waals surface area contributed by atoms with Gasteiger partial charge in [-0.1, -0.05) is 24.4 Å². The zero-order valence-electron chi connectivity index (χ0n) is 15.3. The fraction of sp³-hybridized carbons (Fsp3) is 0.300. The van der Waals surface area contributed by atoms with Crippen molar-refractivity contribution in [1.82, 2.24) is 5.32 Å². The van der Waals surface area contributed by atoms with Crippen LogP contribution in [0.2, 0.25) is 5.02 Å². The average molecular weight is 426 g/mol. The molecule has 0 radical (unpaired) electrons. The maximum atomic E-state index is 12.8. The van der Waals surface area contributed by atoms with Crippen molar-refractivity contribution in [3.05, 3.63) is 58.6 Å². The number of carbonyl (C=O) groups is 2. The molecule has 9 heteroatoms. The molecule has 5 nitrogen and oxygen atoms in total. The van der Waals surface area contributed by atoms with E-state index in [4.69, 9.17) is 11.6 Å². The third kappa shape index (κ3) is 5.63. The van der Waals surface area contributed by atoms with E-state index in [0.29, 0.717) is 11.3 Å². The van der Waals surface area contributed by atoms with Gasteiger partial charge in [0.25, 0.3) is 5.91 Å². The van der Waals surface area contributed by atoms with E-state index < -0.39 is 17.8 Å². The summed E-state index contributed by atoms with van der Waals surface area (Å²) >= 11 is 5.86. The lowest BCUT2D eigenvalue weighted by Gasteiger charge is -2.13. The largest absolute Gasteiger partial charge is 0.416 e. The van der Waals surface area contributed by atoms with Gasteiger partial charge >= 0.3 is 12.2 Å². The minimum atomic E-state index is -4.55. The second-order valence-corrected chi connectivity index (χ2v) is 7.21. The van der Waals surface area contributed by atoms with Crippen LogP contribution in [0.5, 0.6) is 0 Å². The summed E-state index contributed by atoms with van der Waals surface area (Å²) in [6.45, 7) is 0. The normalized spacial score (nSPS) is 14.5. The van der Waals surface area contributed by atoms with E-state index in [1.807, 2.05) is 0 Å². The lowest BCUT2D eigenvalue weighted by Crippen LogP contribution is -2.32. The van der Waals surface area contributed by atoms with Crippen LogP contribution in [0.4, 0.5) is 29.3 Å². The monoisotopic (exact) mass is 425 g/mol. The maximum absolute atomic E-state index is 12.8. The number of alkyl halides is 3. The molecule has 0 unspecified atom stereocenters. The Bertz CT molecular complexity index is 895. The van der Waals surface area contributed by atoms with Crippen molar-refractivity contribution in [3.63, 3.8) is 0 Å². The van der Waals surface area contributed by atoms with Crippen LogP contribution < -0.4 is 16.0 Å². The number of anilines is 2. The minimum absolute atomic E-state index is 0.0212. The Morgan fingerprint density at radius 2 is 1.62 bits per heavy atom. The lowest BCUT2D eigenvalue weighted by atomic mass is 10.1. The van der Waals surface area contributed by atoms with Gasteiger partial charge in [-0.2, -0.15) is 13.2 Å². The van der Waals surface area contributed by atoms with Crippen molar-refractivity contribution < 1.29 is 22.8 Å². The first-order valence-corrected chi connectivity index (χ1v) is 9.46. The SMILES string of the molecule is O=C(Nc1ccc(C(=O)NC2CCCC2)cc1)Nc1cc(C(F)(F)F)ccc1Cl. The van der Waals surface area contributed by atoms with Gasteiger partial charge in [0.15, 0.2) is 0 Å². The molecule has 0 aromatic heterocycles. The second kappa shape index (κ2) is 8.73. The second-order valence-electron chi connectivity index (χ2n) is 6.80. The van der Waals surface area contributed by atoms with Crippen LogP contribution >= 0.6 is 11.6 Å². The van der Waals surface area contributed by atoms with Crippen LogP contribution in [-0.4, -0.2) is 18.0 Å². The molecule has 0 aliphatic heterocycles. The summed E-state index contributed by atoms with van der Waals surface area (Å²) in [5, 5.41) is 7.73. The third-order valence-electron chi connectivity index (χ3n) is 4.64. The zero-order valence-corrected chi connectivity index (χ0v) is 16.0. The third-order valence-corrected chi connectivity index (χ3v) is 4.97. The molecule has 1 aliphatic rings. The molecule has 3 rings (SSSR count). The number of rotatable bonds is 4. The molecule has 2 aromatic rings. The minimum Gasteiger partial charge on any atom is -0.349 e. The summed E-state index contributed by atoms with van der Waals surface area (Å²) < 4.78 is 38.4. The van der Waals surface area contributed by atoms with Gasteiger partial charge in [-0.05, 0) is 55.3 Å². The summed E-state index contributed by atoms with van der Waals surface area (Å²) in [6, 6.07) is 8.32. The molecule has 154 valence electrons. The highest BCUT2D eigenvalue weighted by Crippen LogP contribution is 2.33. The van der Waals surface area contributed by atoms with E-state index in [0.717, 1.165) is 43.9 Å². The number of halogens is 4. The number of urea groups is 1. The standard InChI is InChI=1S/C20H19ClF3N3O2/c21-16-10-7-13(20(22,23)24)11-17(16)27-19(29)26-15-8-5-12(6-9-15)18(28)25-14-3-1-2-4-14/h5-11,14H,1-4H2,(H,25,28)(H2,26,27,29). The number of amides is 3. The summed E-state index contributed by atoms with van der Waals surface area (Å²) in [5.41, 5.74) is -0.242. The van der Waals surface area contributed by atoms with Gasteiger partial charge in [0, 0.05) is 17.3 Å². The number of nitrogens with one attached hydrogen (secondary N) is 3. The highest BCUT2D eigenvalue weighted by atomic mass is 35.5. The van der Waals surface area contributed by atoms with Crippen molar-refractivity contribution in [1.29, 1.82) is 0 Å². The van der Waals surface area contributed by atoms with Gasteiger partial charge in [-0.3, -0.25) is 4.79 Å². The topological polar surface area (TPSA) is 70.2 Å². The van der Waals surface area contributed by atoms with Crippen molar-refractivity contribution in [2.24, 2.45) is 0 Å². The van der Waals surface area contributed by atoms with Crippen LogP contribution in [-0.2, 0) is 6.18 Å². The fourth-order valence-electron chi connectivity index (χ4n) is 3.13. The van der Waals surface area contributed by atoms with Crippen molar-refractivity contribution in [2.75, 3.05) is 10.6 Å². The molecule has 3 N–H and O–H groups in total. The number of hydrogen-bond acceptors (Lipinski definition) is 2. The molecule has 0 spiro atoms. The first-order chi connectivity index (χ1) is 13.7. The maximum Gasteiger partial charge on any atom is 0.416 e. The van der Waals surface area contributed by atoms with Crippen LogP contribution in [0.25, 0.3) is 0 Å². The predicted octanol–water partition coefficient (Wildman–Crippen LogP) is 5.68. The average Bonchev–Trinajstić information content (AvgIpc) is 3.16. The molecule has 3 amide bonds. The molecule has 1 fully saturated rings. The summed E-state index contributed by atoms with van der Waals surface area (Å²) in [4.78, 5) is 24.3. The van der Waals surface area contributed by atoms with Crippen LogP contribution in [0.1, 0.15) is 41.6 Å². The summed E-state index contributed by atoms with van der Waals surface area (Å²) in [5.74, 6) is -0.177. The molecular formula is C20H19ClF3N3O2. The van der Waals surface area contributed by atoms with E-state index in [9.17, 15) is 22.8 Å². The Kier molecular flexibility index (Phi) is 6.32. The van der Waals surface area contributed by atoms with E-state index >= 15 is 0 Å². The van der Waals surface area contributed by atoms with Crippen LogP contribution in [0, 0.1) is 0 Å². The Hall–Kier alpha value is -2.74. The van der Waals surface area contributed by atoms with E-state index in [1.54, 1.807) is 12.1 Å². The first kappa shape index (κ1) is 21.0. The summed E-state index contributed by atoms with van der Waals surface area (Å²) in [6.07, 6.45) is -0.378. The highest BCUT2D eigenvalue weighted by Gasteiger charge is 2.31. The molecule has 0 atom stereocenters. The molecule has 0 bridgehead atoms. The van der Waals surface area contributed by atoms with Crippen molar-refractivity contribution >= 4 is 34.9 Å². The number of carbonyl (C=O) groups excluding carboxylic acids is 2. The lowest BCUT2D eigenvalue weighted by molar-refractivity contribution is -0.137. The molecule has 0 heterocycles. The van der Waals surface area contributed by atoms with Crippen LogP contribution in [0.15, 0.2) is 42.5 Å². The Balaban J connectivity index is 1.60. The molecule has 29 heavy (non-hydrogen) atoms. The highest BCUT2D eigenvalue weighted by molar-refractivity contribution is 6.33. The smallest absolute Gasteiger partial charge is 0.349 e. The van der Waals surface area contributed by atoms with Crippen molar-refractivity contribution in [3.8, 4) is 0 Å². The van der Waals surface area contributed by atoms with Crippen molar-refractivity contribution in [2.45, 2.75) is 37.9 Å². The van der Waals surface area contributed by atoms with Gasteiger partial charge in [-0.15, -0.1) is 0 Å². The van der Waals surface area contributed by atoms with Crippen LogP contribution in [0.3, 0.4) is 0 Å². The quantitative estimate of drug-likeness (QED) is 0.590. The van der Waals surface area contributed by atoms with Gasteiger partial charge in [0.1, 0.15) is 0 Å². The van der Waals surface area contributed by atoms with Gasteiger partial charge in [0.2, 0.25) is 0 Å². The molecule has 2 aromatic carbocycles. The molecule has 1 saturated carbocycles. The van der Waals surface area contributed by atoms with E-state index in [-0.39, 0.29) is 22.7 Å². The van der Waals surface area contributed by atoms with Gasteiger partial charge < -0.3 is 16.0 Å². The summed E-state index contributed by atoms with van der Waals surface area (Å²) in [7, 11) is 0. The Morgan fingerprint density at radius 1 is 0.966 bits per heavy atom. The van der Waals surface area contributed by atoms with E-state index in [2.05, 4.69) is 16.0 Å².